The van der Waals surface area contributed by atoms with Crippen LogP contribution in [0.4, 0.5) is 5.82 Å². The van der Waals surface area contributed by atoms with Crippen molar-refractivity contribution in [2.24, 2.45) is 5.11 Å². The lowest BCUT2D eigenvalue weighted by Gasteiger charge is -2.21. The molecule has 1 fully saturated rings. The van der Waals surface area contributed by atoms with Gasteiger partial charge in [-0.3, -0.25) is 4.52 Å². The Morgan fingerprint density at radius 1 is 1.29 bits per heavy atom. The number of azide groups is 1. The van der Waals surface area contributed by atoms with E-state index in [2.05, 4.69) is 33.1 Å². The fourth-order valence-corrected chi connectivity index (χ4v) is 6.59. The molecule has 194 valence electrons. The van der Waals surface area contributed by atoms with Crippen LogP contribution in [-0.4, -0.2) is 57.2 Å². The number of nitrogens with zero attached hydrogens (tertiary/aromatic N) is 6. The molecule has 2 aromatic rings. The van der Waals surface area contributed by atoms with Crippen molar-refractivity contribution in [2.45, 2.75) is 29.1 Å². The first-order valence-corrected chi connectivity index (χ1v) is 14.8. The third-order valence-electron chi connectivity index (χ3n) is 4.28. The lowest BCUT2D eigenvalue weighted by atomic mass is 10.2. The van der Waals surface area contributed by atoms with Crippen LogP contribution < -0.4 is 5.73 Å². The van der Waals surface area contributed by atoms with Crippen molar-refractivity contribution < 1.29 is 55.9 Å². The van der Waals surface area contributed by atoms with Gasteiger partial charge in [0.25, 0.3) is 0 Å². The molecule has 0 aliphatic carbocycles. The Morgan fingerprint density at radius 3 is 2.66 bits per heavy atom. The predicted molar refractivity (Wildman–Crippen MR) is 122 cm³/mol. The van der Waals surface area contributed by atoms with Crippen LogP contribution >= 0.6 is 46.1 Å². The summed E-state index contributed by atoms with van der Waals surface area (Å²) in [5.41, 5.74) is 14.9. The number of aromatic nitrogens is 3. The second kappa shape index (κ2) is 11.0. The second-order valence-electron chi connectivity index (χ2n) is 6.64. The van der Waals surface area contributed by atoms with E-state index in [0.717, 1.165) is 0 Å². The van der Waals surface area contributed by atoms with Crippen LogP contribution in [0.1, 0.15) is 12.6 Å². The van der Waals surface area contributed by atoms with Gasteiger partial charge in [0.05, 0.1) is 18.1 Å². The first-order valence-electron chi connectivity index (χ1n) is 9.04. The summed E-state index contributed by atoms with van der Waals surface area (Å²) in [6.45, 7) is -0.763. The highest BCUT2D eigenvalue weighted by molar-refractivity contribution is 14.1. The van der Waals surface area contributed by atoms with E-state index in [0.29, 0.717) is 11.0 Å². The van der Waals surface area contributed by atoms with Crippen molar-refractivity contribution in [3.05, 3.63) is 29.0 Å². The van der Waals surface area contributed by atoms with Gasteiger partial charge < -0.3 is 39.3 Å². The van der Waals surface area contributed by atoms with Gasteiger partial charge in [0.15, 0.2) is 4.23 Å². The van der Waals surface area contributed by atoms with Crippen LogP contribution in [0.3, 0.4) is 0 Å². The largest absolute Gasteiger partial charge is 0.490 e. The maximum Gasteiger partial charge on any atom is 0.490 e. The molecule has 19 nitrogen and oxygen atoms in total. The highest BCUT2D eigenvalue weighted by atomic mass is 127. The minimum Gasteiger partial charge on any atom is -0.383 e. The minimum absolute atomic E-state index is 0.110. The first-order chi connectivity index (χ1) is 16.2. The quantitative estimate of drug-likeness (QED) is 0.0435. The molecule has 4 unspecified atom stereocenters. The number of halogens is 1. The molecule has 0 bridgehead atoms. The Labute approximate surface area is 208 Å². The molecule has 2 aromatic heterocycles. The van der Waals surface area contributed by atoms with Crippen molar-refractivity contribution >= 4 is 62.9 Å². The highest BCUT2D eigenvalue weighted by Gasteiger charge is 2.44. The molecular formula is C12H17IN7O12P3. The van der Waals surface area contributed by atoms with Gasteiger partial charge >= 0.3 is 23.5 Å². The highest BCUT2D eigenvalue weighted by Crippen LogP contribution is 2.66. The molecule has 0 amide bonds. The summed E-state index contributed by atoms with van der Waals surface area (Å²) in [5.74, 6) is 0.222. The molecule has 6 N–H and O–H groups in total. The van der Waals surface area contributed by atoms with Gasteiger partial charge in [-0.2, -0.15) is 8.62 Å². The average molecular weight is 671 g/mol. The molecule has 1 aliphatic rings. The molecule has 3 rings (SSSR count). The van der Waals surface area contributed by atoms with Gasteiger partial charge in [0.1, 0.15) is 30.1 Å². The van der Waals surface area contributed by atoms with Gasteiger partial charge in [-0.05, 0) is 34.2 Å². The number of rotatable bonds is 11. The fourth-order valence-electron chi connectivity index (χ4n) is 3.07. The van der Waals surface area contributed by atoms with Gasteiger partial charge in [0.2, 0.25) is 0 Å². The molecule has 6 atom stereocenters. The van der Waals surface area contributed by atoms with Crippen LogP contribution in [-0.2, 0) is 36.3 Å². The lowest BCUT2D eigenvalue weighted by Crippen LogP contribution is -2.30. The standard InChI is InChI=1S/C12H17IN7O12P3/c13-12(18-19-15)30-7-3-9(20-2-1-6-10(14)16-5-17-11(6)20)29-8(7)4-28-34(24,25)32-35(26,27)31-33(21,22)23/h1-2,5,7-9,12H,3-4H2,(H,24,25)(H,26,27)(H2,14,16,17)(H2,21,22,23)/t7-,8?,9?,12-/m1/s1. The molecule has 0 radical (unpaired) electrons. The zero-order chi connectivity index (χ0) is 26.0. The molecule has 3 heterocycles. The number of hydrogen-bond donors (Lipinski definition) is 5. The topological polar surface area (TPSA) is 284 Å². The Bertz CT molecular complexity index is 1270. The SMILES string of the molecule is [N-]=[N+]=N[C@@H](I)O[C@@H]1CC(n2ccc3c(N)ncnc32)OC1COP(=O)(O)OP(=O)(O)OP(=O)(O)O. The molecule has 0 aromatic carbocycles. The summed E-state index contributed by atoms with van der Waals surface area (Å²) in [4.78, 5) is 46.9. The van der Waals surface area contributed by atoms with Gasteiger partial charge in [-0.15, -0.1) is 0 Å². The van der Waals surface area contributed by atoms with Gasteiger partial charge in [-0.25, -0.2) is 23.7 Å². The molecule has 1 aliphatic heterocycles. The number of nitrogen functional groups attached to an aromatic ring is 1. The molecule has 0 spiro atoms. The maximum atomic E-state index is 12.1. The monoisotopic (exact) mass is 671 g/mol. The Kier molecular flexibility index (Phi) is 8.95. The summed E-state index contributed by atoms with van der Waals surface area (Å²) < 4.78 is 58.4. The maximum absolute atomic E-state index is 12.1. The Hall–Kier alpha value is -1.21. The van der Waals surface area contributed by atoms with E-state index in [1.165, 1.54) is 6.33 Å². The average Bonchev–Trinajstić information content (AvgIpc) is 3.28. The molecule has 35 heavy (non-hydrogen) atoms. The first kappa shape index (κ1) is 28.4. The molecular weight excluding hydrogens is 654 g/mol. The Morgan fingerprint density at radius 2 is 2.00 bits per heavy atom. The van der Waals surface area contributed by atoms with Crippen molar-refractivity contribution in [1.29, 1.82) is 0 Å². The number of alkyl halides is 1. The summed E-state index contributed by atoms with van der Waals surface area (Å²) in [6, 6.07) is 1.64. The van der Waals surface area contributed by atoms with Crippen LogP contribution in [0.5, 0.6) is 0 Å². The minimum atomic E-state index is -5.69. The van der Waals surface area contributed by atoms with Gasteiger partial charge in [-0.1, -0.05) is 5.11 Å². The summed E-state index contributed by atoms with van der Waals surface area (Å²) in [5, 5.41) is 3.91. The number of fused-ring (bicyclic) bond motifs is 1. The number of nitrogens with two attached hydrogens (primary N) is 1. The third kappa shape index (κ3) is 7.88. The van der Waals surface area contributed by atoms with Crippen molar-refractivity contribution in [3.63, 3.8) is 0 Å². The number of anilines is 1. The summed E-state index contributed by atoms with van der Waals surface area (Å²) in [7, 11) is -16.6. The smallest absolute Gasteiger partial charge is 0.383 e. The van der Waals surface area contributed by atoms with Crippen LogP contribution in [0.25, 0.3) is 21.5 Å². The summed E-state index contributed by atoms with van der Waals surface area (Å²) >= 11 is 1.68. The number of phosphoric acid groups is 3. The van der Waals surface area contributed by atoms with Crippen LogP contribution in [0.2, 0.25) is 0 Å². The number of hydrogen-bond acceptors (Lipinski definition) is 12. The zero-order valence-corrected chi connectivity index (χ0v) is 21.8. The van der Waals surface area contributed by atoms with E-state index in [-0.39, 0.29) is 12.2 Å². The van der Waals surface area contributed by atoms with E-state index < -0.39 is 52.7 Å². The third-order valence-corrected chi connectivity index (χ3v) is 8.62. The number of phosphoric ester groups is 1. The van der Waals surface area contributed by atoms with Crippen molar-refractivity contribution in [1.82, 2.24) is 14.5 Å². The second-order valence-corrected chi connectivity index (χ2v) is 12.1. The molecule has 1 saturated heterocycles. The Balaban J connectivity index is 1.76. The van der Waals surface area contributed by atoms with Crippen molar-refractivity contribution in [3.8, 4) is 0 Å². The van der Waals surface area contributed by atoms with Crippen molar-refractivity contribution in [2.75, 3.05) is 12.3 Å². The summed E-state index contributed by atoms with van der Waals surface area (Å²) in [6.07, 6.45) is 0.183. The molecule has 23 heteroatoms. The fraction of sp³-hybridized carbons (Fsp3) is 0.500. The molecule has 0 saturated carbocycles. The normalized spacial score (nSPS) is 25.0. The van der Waals surface area contributed by atoms with E-state index in [1.807, 2.05) is 0 Å². The predicted octanol–water partition coefficient (Wildman–Crippen LogP) is 2.06. The van der Waals surface area contributed by atoms with Gasteiger partial charge in [0, 0.05) is 17.5 Å². The number of ether oxygens (including phenoxy) is 2. The van der Waals surface area contributed by atoms with Crippen LogP contribution in [0.15, 0.2) is 23.7 Å². The van der Waals surface area contributed by atoms with E-state index in [4.69, 9.17) is 30.5 Å². The zero-order valence-electron chi connectivity index (χ0n) is 17.0. The lowest BCUT2D eigenvalue weighted by molar-refractivity contribution is -0.0608. The van der Waals surface area contributed by atoms with E-state index in [1.54, 1.807) is 39.4 Å². The van der Waals surface area contributed by atoms with E-state index >= 15 is 0 Å². The van der Waals surface area contributed by atoms with E-state index in [9.17, 15) is 23.5 Å². The van der Waals surface area contributed by atoms with Crippen LogP contribution in [0, 0.1) is 0 Å².